The number of furan rings is 2. The van der Waals surface area contributed by atoms with E-state index < -0.39 is 0 Å². The van der Waals surface area contributed by atoms with Crippen molar-refractivity contribution in [3.63, 3.8) is 0 Å². The van der Waals surface area contributed by atoms with Crippen molar-refractivity contribution < 1.29 is 8.83 Å². The van der Waals surface area contributed by atoms with Crippen LogP contribution in [-0.4, -0.2) is 34.5 Å². The van der Waals surface area contributed by atoms with Crippen LogP contribution in [0.25, 0.3) is 217 Å². The molecule has 141 heavy (non-hydrogen) atoms. The predicted molar refractivity (Wildman–Crippen MR) is 582 cm³/mol. The van der Waals surface area contributed by atoms with Gasteiger partial charge in [0.1, 0.15) is 22.3 Å². The first kappa shape index (κ1) is 85.5. The van der Waals surface area contributed by atoms with Gasteiger partial charge in [-0.3, -0.25) is 0 Å². The summed E-state index contributed by atoms with van der Waals surface area (Å²) in [6.07, 6.45) is 2.14. The SMILES string of the molecule is Cc1ccc(-c2nc(-c3ccc(C)cc3)nc(-c3cccc(-c4cccc(N5c6ccccc6C(C)(C)c6ccccc65)c4)c3)n2)cc1.c1ccc(-c2cc(-c3cccc4ccccc34)nc(-c3ccc(-n4ccc5cc(-c6cccc7c6oc6ccccc67)ccc54)cc3)n2)cc1.c1ccc(-c2cc(-c3ccccc3)nc(-c3cccc(-c4cccc(-c5ccc6c(c5)oc5ccccc56)c4)c3)c2)cc1. The normalized spacial score (nSPS) is 12.0. The van der Waals surface area contributed by atoms with E-state index in [-0.39, 0.29) is 5.41 Å². The van der Waals surface area contributed by atoms with Gasteiger partial charge in [-0.2, -0.15) is 0 Å². The lowest BCUT2D eigenvalue weighted by Gasteiger charge is -2.42. The maximum absolute atomic E-state index is 6.34. The zero-order chi connectivity index (χ0) is 94.4. The zero-order valence-electron chi connectivity index (χ0n) is 78.1. The Kier molecular flexibility index (Phi) is 22.3. The van der Waals surface area contributed by atoms with Crippen molar-refractivity contribution in [3.05, 3.63) is 508 Å². The lowest BCUT2D eigenvalue weighted by Crippen LogP contribution is -2.30. The van der Waals surface area contributed by atoms with Gasteiger partial charge >= 0.3 is 0 Å². The Balaban J connectivity index is 0.000000115. The molecule has 0 unspecified atom stereocenters. The molecule has 0 saturated carbocycles. The fraction of sp³-hybridized carbons (Fsp3) is 0.0382. The molecule has 668 valence electrons. The maximum atomic E-state index is 6.34. The number of rotatable bonds is 15. The van der Waals surface area contributed by atoms with Crippen molar-refractivity contribution in [1.82, 2.24) is 34.5 Å². The molecule has 10 heteroatoms. The third-order valence-corrected chi connectivity index (χ3v) is 27.2. The van der Waals surface area contributed by atoms with E-state index in [1.165, 1.54) is 55.4 Å². The third-order valence-electron chi connectivity index (χ3n) is 27.2. The van der Waals surface area contributed by atoms with Gasteiger partial charge in [0, 0.05) is 100.0 Å². The standard InChI is InChI=1S/C46H29N3O.C44H36N4.C41H27NO/c1-2-11-31(12-3-1)41-29-42(38-17-8-13-30-10-4-5-14-36(30)38)48-46(47-41)32-20-23-35(24-21-32)49-27-26-34-28-33(22-25-43(34)49)37-16-9-18-40-39-15-6-7-19-44(39)50-45(37)40;1-29-19-23-31(24-20-29)41-45-42(32-25-21-30(2)22-26-32)47-43(46-41)35-13-9-11-33(27-35)34-12-10-14-36(28-34)48-39-17-7-5-15-37(39)44(3,4)38-16-6-8-18-40(38)48;1-3-11-28(12-4-1)35-25-38(29-13-5-2-6-14-29)42-39(26-35)34-18-10-17-32(24-34)30-15-9-16-31(23-30)33-21-22-37-36-19-7-8-20-40(36)43-41(37)27-33/h1-29H;5-28H,1-4H3;1-27H. The van der Waals surface area contributed by atoms with Crippen molar-refractivity contribution >= 4 is 82.6 Å². The Morgan fingerprint density at radius 1 is 0.220 bits per heavy atom. The first-order valence-electron chi connectivity index (χ1n) is 47.8. The van der Waals surface area contributed by atoms with E-state index in [1.807, 2.05) is 48.5 Å². The van der Waals surface area contributed by atoms with Crippen LogP contribution in [0.5, 0.6) is 0 Å². The Morgan fingerprint density at radius 2 is 0.638 bits per heavy atom. The summed E-state index contributed by atoms with van der Waals surface area (Å²) in [5.41, 5.74) is 37.6. The van der Waals surface area contributed by atoms with Crippen molar-refractivity contribution in [3.8, 4) is 152 Å². The van der Waals surface area contributed by atoms with Crippen LogP contribution in [0.2, 0.25) is 0 Å². The quantitative estimate of drug-likeness (QED) is 0.0990. The van der Waals surface area contributed by atoms with Crippen LogP contribution in [0.15, 0.2) is 494 Å². The second-order valence-electron chi connectivity index (χ2n) is 36.6. The molecule has 19 aromatic carbocycles. The summed E-state index contributed by atoms with van der Waals surface area (Å²) in [4.78, 5) is 32.7. The number of fused-ring (bicyclic) bond motifs is 10. The lowest BCUT2D eigenvalue weighted by molar-refractivity contribution is 0.632. The fourth-order valence-electron chi connectivity index (χ4n) is 19.9. The smallest absolute Gasteiger partial charge is 0.164 e. The highest BCUT2D eigenvalue weighted by atomic mass is 16.3. The fourth-order valence-corrected chi connectivity index (χ4v) is 19.9. The molecule has 0 amide bonds. The Bertz CT molecular complexity index is 8860. The van der Waals surface area contributed by atoms with E-state index in [0.717, 1.165) is 178 Å². The van der Waals surface area contributed by atoms with Gasteiger partial charge in [-0.15, -0.1) is 0 Å². The van der Waals surface area contributed by atoms with Gasteiger partial charge in [-0.1, -0.05) is 377 Å². The van der Waals surface area contributed by atoms with Gasteiger partial charge in [0.15, 0.2) is 23.3 Å². The number of benzene rings is 19. The Labute approximate surface area is 817 Å². The van der Waals surface area contributed by atoms with Crippen LogP contribution in [0, 0.1) is 13.8 Å². The molecule has 7 heterocycles. The summed E-state index contributed by atoms with van der Waals surface area (Å²) in [6, 6.07) is 168. The monoisotopic (exact) mass is 1810 g/mol. The van der Waals surface area contributed by atoms with E-state index in [2.05, 4.69) is 474 Å². The highest BCUT2D eigenvalue weighted by Crippen LogP contribution is 2.53. The maximum Gasteiger partial charge on any atom is 0.164 e. The number of hydrogen-bond acceptors (Lipinski definition) is 9. The molecule has 1 aliphatic heterocycles. The zero-order valence-corrected chi connectivity index (χ0v) is 78.1. The Hall–Kier alpha value is -18.4. The molecule has 25 aromatic rings. The second-order valence-corrected chi connectivity index (χ2v) is 36.6. The van der Waals surface area contributed by atoms with Gasteiger partial charge in [0.25, 0.3) is 0 Å². The summed E-state index contributed by atoms with van der Waals surface area (Å²) in [5, 5.41) is 8.09. The molecule has 0 spiro atoms. The summed E-state index contributed by atoms with van der Waals surface area (Å²) in [6.45, 7) is 8.81. The Morgan fingerprint density at radius 3 is 1.28 bits per heavy atom. The highest BCUT2D eigenvalue weighted by molar-refractivity contribution is 6.11. The number of hydrogen-bond donors (Lipinski definition) is 0. The highest BCUT2D eigenvalue weighted by Gasteiger charge is 2.37. The number of nitrogens with zero attached hydrogens (tertiary/aromatic N) is 8. The molecule has 6 aromatic heterocycles. The molecule has 1 aliphatic rings. The number of aryl methyl sites for hydroxylation is 2. The molecule has 0 N–H and O–H groups in total. The number of pyridine rings is 1. The van der Waals surface area contributed by atoms with E-state index in [9.17, 15) is 0 Å². The summed E-state index contributed by atoms with van der Waals surface area (Å²) < 4.78 is 14.7. The predicted octanol–water partition coefficient (Wildman–Crippen LogP) is 34.7. The van der Waals surface area contributed by atoms with Crippen LogP contribution in [0.1, 0.15) is 36.1 Å². The molecule has 0 saturated heterocycles. The largest absolute Gasteiger partial charge is 0.456 e. The van der Waals surface area contributed by atoms with Crippen LogP contribution >= 0.6 is 0 Å². The second kappa shape index (κ2) is 36.7. The molecular weight excluding hydrogens is 1720 g/mol. The third kappa shape index (κ3) is 16.8. The van der Waals surface area contributed by atoms with Crippen LogP contribution in [-0.2, 0) is 5.41 Å². The number of aromatic nitrogens is 7. The van der Waals surface area contributed by atoms with Gasteiger partial charge in [0.05, 0.1) is 39.7 Å². The van der Waals surface area contributed by atoms with Crippen molar-refractivity contribution in [1.29, 1.82) is 0 Å². The molecule has 0 atom stereocenters. The van der Waals surface area contributed by atoms with Gasteiger partial charge in [0.2, 0.25) is 0 Å². The number of para-hydroxylation sites is 5. The minimum atomic E-state index is -0.102. The molecule has 0 aliphatic carbocycles. The topological polar surface area (TPSA) is 112 Å². The van der Waals surface area contributed by atoms with Crippen LogP contribution in [0.4, 0.5) is 17.1 Å². The first-order chi connectivity index (χ1) is 69.4. The average molecular weight is 1810 g/mol. The minimum absolute atomic E-state index is 0.102. The van der Waals surface area contributed by atoms with Crippen molar-refractivity contribution in [2.75, 3.05) is 4.90 Å². The molecular formula is C131H92N8O2. The van der Waals surface area contributed by atoms with Gasteiger partial charge < -0.3 is 18.3 Å². The van der Waals surface area contributed by atoms with Gasteiger partial charge in [-0.25, -0.2) is 29.9 Å². The van der Waals surface area contributed by atoms with E-state index in [4.69, 9.17) is 38.7 Å². The van der Waals surface area contributed by atoms with Crippen molar-refractivity contribution in [2.24, 2.45) is 0 Å². The minimum Gasteiger partial charge on any atom is -0.456 e. The average Bonchev–Trinajstić information content (AvgIpc) is 1.43. The summed E-state index contributed by atoms with van der Waals surface area (Å²) >= 11 is 0. The molecule has 0 fully saturated rings. The first-order valence-corrected chi connectivity index (χ1v) is 47.8. The van der Waals surface area contributed by atoms with E-state index >= 15 is 0 Å². The van der Waals surface area contributed by atoms with E-state index in [0.29, 0.717) is 23.3 Å². The molecule has 26 rings (SSSR count). The van der Waals surface area contributed by atoms with Gasteiger partial charge in [-0.05, 0) is 213 Å². The molecule has 0 radical (unpaired) electrons. The molecule has 10 nitrogen and oxygen atoms in total. The van der Waals surface area contributed by atoms with Crippen molar-refractivity contribution in [2.45, 2.75) is 33.1 Å². The molecule has 0 bridgehead atoms. The lowest BCUT2D eigenvalue weighted by atomic mass is 9.73. The summed E-state index contributed by atoms with van der Waals surface area (Å²) in [7, 11) is 0. The number of anilines is 3. The summed E-state index contributed by atoms with van der Waals surface area (Å²) in [5.74, 6) is 2.67. The van der Waals surface area contributed by atoms with E-state index in [1.54, 1.807) is 0 Å². The van der Waals surface area contributed by atoms with Crippen LogP contribution < -0.4 is 4.90 Å². The van der Waals surface area contributed by atoms with Crippen LogP contribution in [0.3, 0.4) is 0 Å².